The van der Waals surface area contributed by atoms with Crippen LogP contribution in [0.5, 0.6) is 0 Å². The number of pyridine rings is 1. The van der Waals surface area contributed by atoms with E-state index in [0.29, 0.717) is 23.6 Å². The lowest BCUT2D eigenvalue weighted by Crippen LogP contribution is -2.39. The van der Waals surface area contributed by atoms with E-state index in [2.05, 4.69) is 16.4 Å². The molecule has 0 aromatic carbocycles. The Morgan fingerprint density at radius 2 is 2.00 bits per heavy atom. The Morgan fingerprint density at radius 3 is 2.78 bits per heavy atom. The lowest BCUT2D eigenvalue weighted by Gasteiger charge is -2.26. The maximum atomic E-state index is 11.4. The van der Waals surface area contributed by atoms with Crippen molar-refractivity contribution in [3.63, 3.8) is 0 Å². The Kier molecular flexibility index (Phi) is 3.11. The Hall–Kier alpha value is -0.940. The van der Waals surface area contributed by atoms with E-state index in [1.54, 1.807) is 0 Å². The van der Waals surface area contributed by atoms with Gasteiger partial charge in [0.1, 0.15) is 9.84 Å². The molecule has 3 rings (SSSR count). The minimum atomic E-state index is -2.77. The smallest absolute Gasteiger partial charge is 0.150 e. The predicted octanol–water partition coefficient (Wildman–Crippen LogP) is 1.24. The second-order valence-electron chi connectivity index (χ2n) is 5.23. The van der Waals surface area contributed by atoms with Gasteiger partial charge in [0, 0.05) is 12.2 Å². The molecule has 2 aliphatic rings. The van der Waals surface area contributed by atoms with Gasteiger partial charge < -0.3 is 5.32 Å². The molecule has 1 aromatic heterocycles. The van der Waals surface area contributed by atoms with Crippen LogP contribution >= 0.6 is 0 Å². The number of rotatable bonds is 2. The second-order valence-corrected chi connectivity index (χ2v) is 7.54. The van der Waals surface area contributed by atoms with E-state index in [0.717, 1.165) is 31.4 Å². The summed E-state index contributed by atoms with van der Waals surface area (Å²) in [5.74, 6) is 0.652. The summed E-state index contributed by atoms with van der Waals surface area (Å²) in [5.41, 5.74) is 2.49. The number of hydrogen-bond acceptors (Lipinski definition) is 4. The first-order valence-electron chi connectivity index (χ1n) is 6.54. The zero-order valence-corrected chi connectivity index (χ0v) is 11.1. The Morgan fingerprint density at radius 1 is 1.22 bits per heavy atom. The summed E-state index contributed by atoms with van der Waals surface area (Å²) in [6.07, 6.45) is 5.47. The maximum Gasteiger partial charge on any atom is 0.150 e. The van der Waals surface area contributed by atoms with E-state index in [9.17, 15) is 8.42 Å². The molecule has 0 saturated carbocycles. The average molecular weight is 266 g/mol. The lowest BCUT2D eigenvalue weighted by atomic mass is 10.1. The Labute approximate surface area is 108 Å². The molecule has 18 heavy (non-hydrogen) atoms. The van der Waals surface area contributed by atoms with Crippen molar-refractivity contribution in [1.82, 2.24) is 10.3 Å². The molecule has 0 amide bonds. The largest absolute Gasteiger partial charge is 0.306 e. The van der Waals surface area contributed by atoms with Gasteiger partial charge in [0.05, 0.1) is 23.2 Å². The molecular formula is C13H18N2O2S. The van der Waals surface area contributed by atoms with Crippen molar-refractivity contribution in [2.24, 2.45) is 0 Å². The first-order chi connectivity index (χ1) is 8.64. The number of aromatic nitrogens is 1. The molecule has 2 heterocycles. The highest BCUT2D eigenvalue weighted by Gasteiger charge is 2.29. The summed E-state index contributed by atoms with van der Waals surface area (Å²) in [4.78, 5) is 4.45. The number of hydrogen-bond donors (Lipinski definition) is 1. The summed E-state index contributed by atoms with van der Waals surface area (Å²) in [6.45, 7) is 0. The third-order valence-corrected chi connectivity index (χ3v) is 5.67. The summed E-state index contributed by atoms with van der Waals surface area (Å²) in [5, 5.41) is 3.58. The van der Waals surface area contributed by atoms with Crippen molar-refractivity contribution in [3.05, 3.63) is 29.6 Å². The second kappa shape index (κ2) is 4.63. The van der Waals surface area contributed by atoms with Crippen LogP contribution in [0, 0.1) is 0 Å². The van der Waals surface area contributed by atoms with Gasteiger partial charge in [0.25, 0.3) is 0 Å². The molecule has 1 aliphatic carbocycles. The van der Waals surface area contributed by atoms with E-state index in [1.807, 2.05) is 12.3 Å². The summed E-state index contributed by atoms with van der Waals surface area (Å²) < 4.78 is 22.8. The highest BCUT2D eigenvalue weighted by atomic mass is 32.2. The zero-order valence-electron chi connectivity index (χ0n) is 10.3. The van der Waals surface area contributed by atoms with Crippen LogP contribution in [-0.2, 0) is 16.3 Å². The topological polar surface area (TPSA) is 59.1 Å². The van der Waals surface area contributed by atoms with Crippen LogP contribution in [0.2, 0.25) is 0 Å². The molecule has 98 valence electrons. The number of fused-ring (bicyclic) bond motifs is 1. The number of aryl methyl sites for hydroxylation is 1. The highest BCUT2D eigenvalue weighted by molar-refractivity contribution is 7.91. The molecule has 1 fully saturated rings. The third kappa shape index (κ3) is 2.42. The van der Waals surface area contributed by atoms with E-state index in [1.165, 1.54) is 5.56 Å². The molecule has 1 N–H and O–H groups in total. The van der Waals surface area contributed by atoms with Crippen molar-refractivity contribution < 1.29 is 8.42 Å². The molecule has 0 spiro atoms. The summed E-state index contributed by atoms with van der Waals surface area (Å²) in [7, 11) is -2.77. The third-order valence-electron chi connectivity index (χ3n) is 3.95. The fraction of sp³-hybridized carbons (Fsp3) is 0.615. The van der Waals surface area contributed by atoms with Crippen LogP contribution in [0.15, 0.2) is 18.3 Å². The first kappa shape index (κ1) is 12.1. The molecule has 1 aliphatic heterocycles. The van der Waals surface area contributed by atoms with E-state index in [-0.39, 0.29) is 0 Å². The normalized spacial score (nSPS) is 27.0. The van der Waals surface area contributed by atoms with Gasteiger partial charge in [-0.2, -0.15) is 0 Å². The van der Waals surface area contributed by atoms with E-state index >= 15 is 0 Å². The minimum absolute atomic E-state index is 0.312. The molecule has 0 bridgehead atoms. The molecule has 1 aromatic rings. The van der Waals surface area contributed by atoms with E-state index in [4.69, 9.17) is 0 Å². The van der Waals surface area contributed by atoms with Crippen LogP contribution in [0.1, 0.15) is 36.6 Å². The summed E-state index contributed by atoms with van der Waals surface area (Å²) in [6, 6.07) is 4.75. The molecule has 5 heteroatoms. The minimum Gasteiger partial charge on any atom is -0.306 e. The predicted molar refractivity (Wildman–Crippen MR) is 70.1 cm³/mol. The van der Waals surface area contributed by atoms with Crippen LogP contribution in [0.4, 0.5) is 0 Å². The van der Waals surface area contributed by atoms with Gasteiger partial charge in [-0.15, -0.1) is 0 Å². The number of nitrogens with zero attached hydrogens (tertiary/aromatic N) is 1. The number of nitrogens with one attached hydrogen (secondary N) is 1. The van der Waals surface area contributed by atoms with Crippen LogP contribution in [0.25, 0.3) is 0 Å². The monoisotopic (exact) mass is 266 g/mol. The van der Waals surface area contributed by atoms with Crippen molar-refractivity contribution in [3.8, 4) is 0 Å². The highest BCUT2D eigenvalue weighted by Crippen LogP contribution is 2.30. The van der Waals surface area contributed by atoms with Gasteiger partial charge in [-0.25, -0.2) is 8.42 Å². The van der Waals surface area contributed by atoms with E-state index < -0.39 is 9.84 Å². The fourth-order valence-electron chi connectivity index (χ4n) is 2.92. The Balaban J connectivity index is 1.65. The zero-order chi connectivity index (χ0) is 12.6. The van der Waals surface area contributed by atoms with Crippen LogP contribution in [-0.4, -0.2) is 30.9 Å². The van der Waals surface area contributed by atoms with Crippen molar-refractivity contribution in [2.45, 2.75) is 37.8 Å². The van der Waals surface area contributed by atoms with Crippen molar-refractivity contribution in [1.29, 1.82) is 0 Å². The first-order valence-corrected chi connectivity index (χ1v) is 8.36. The Bertz CT molecular complexity index is 528. The van der Waals surface area contributed by atoms with Gasteiger partial charge in [-0.1, -0.05) is 6.07 Å². The summed E-state index contributed by atoms with van der Waals surface area (Å²) >= 11 is 0. The standard InChI is InChI=1S/C13H18N2O2S/c16-18(17)8-5-11(6-9-18)15-12-4-3-10-2-1-7-14-13(10)12/h1-2,7,11-12,15H,3-6,8-9H2. The maximum absolute atomic E-state index is 11.4. The molecule has 0 radical (unpaired) electrons. The fourth-order valence-corrected chi connectivity index (χ4v) is 4.41. The molecule has 4 nitrogen and oxygen atoms in total. The van der Waals surface area contributed by atoms with Gasteiger partial charge >= 0.3 is 0 Å². The van der Waals surface area contributed by atoms with Crippen LogP contribution < -0.4 is 5.32 Å². The van der Waals surface area contributed by atoms with Gasteiger partial charge in [0.2, 0.25) is 0 Å². The van der Waals surface area contributed by atoms with Crippen LogP contribution in [0.3, 0.4) is 0 Å². The van der Waals surface area contributed by atoms with Gasteiger partial charge in [0.15, 0.2) is 0 Å². The van der Waals surface area contributed by atoms with Gasteiger partial charge in [-0.3, -0.25) is 4.98 Å². The SMILES string of the molecule is O=S1(=O)CCC(NC2CCc3cccnc32)CC1. The van der Waals surface area contributed by atoms with Crippen molar-refractivity contribution >= 4 is 9.84 Å². The van der Waals surface area contributed by atoms with Crippen molar-refractivity contribution in [2.75, 3.05) is 11.5 Å². The van der Waals surface area contributed by atoms with Gasteiger partial charge in [-0.05, 0) is 37.3 Å². The lowest BCUT2D eigenvalue weighted by molar-refractivity contribution is 0.399. The molecule has 1 unspecified atom stereocenters. The molecular weight excluding hydrogens is 248 g/mol. The quantitative estimate of drug-likeness (QED) is 0.875. The average Bonchev–Trinajstić information content (AvgIpc) is 2.76. The molecule has 1 atom stereocenters. The molecule has 1 saturated heterocycles. The number of sulfone groups is 1.